The zero-order chi connectivity index (χ0) is 7.72. The highest BCUT2D eigenvalue weighted by atomic mass is 27.0. The van der Waals surface area contributed by atoms with Crippen LogP contribution in [0.4, 0.5) is 0 Å². The van der Waals surface area contributed by atoms with Crippen molar-refractivity contribution in [2.45, 2.75) is 6.92 Å². The Labute approximate surface area is 65.2 Å². The van der Waals surface area contributed by atoms with Crippen molar-refractivity contribution in [2.75, 3.05) is 0 Å². The van der Waals surface area contributed by atoms with E-state index in [0.717, 1.165) is 0 Å². The van der Waals surface area contributed by atoms with Crippen LogP contribution in [0.15, 0.2) is 4.52 Å². The average Bonchev–Trinajstić information content (AvgIpc) is 2.11. The molecule has 0 aliphatic heterocycles. The van der Waals surface area contributed by atoms with E-state index in [1.54, 1.807) is 6.92 Å². The molecule has 1 aromatic rings. The molecule has 0 saturated heterocycles. The summed E-state index contributed by atoms with van der Waals surface area (Å²) in [6.45, 7) is 1.60. The topological polar surface area (TPSA) is 63.3 Å². The molecule has 0 atom stereocenters. The molecule has 1 rings (SSSR count). The average molecular weight is 155 g/mol. The molecule has 0 saturated carbocycles. The fourth-order valence-corrected chi connectivity index (χ4v) is 1.45. The number of carboxylic acids is 1. The molecule has 1 heterocycles. The number of aromatic nitrogens is 1. The summed E-state index contributed by atoms with van der Waals surface area (Å²) in [4.78, 5) is 10.4. The van der Waals surface area contributed by atoms with E-state index in [9.17, 15) is 4.79 Å². The standard InChI is InChI=1S/C5H4NO3.Al.2H/c1-3-4(5(7)8)2-6-9-3;;;/h1H3,(H,7,8);;;. The molecule has 0 bridgehead atoms. The third-order valence-electron chi connectivity index (χ3n) is 1.25. The van der Waals surface area contributed by atoms with Crippen molar-refractivity contribution in [3.63, 3.8) is 0 Å². The number of hydrogen-bond acceptors (Lipinski definition) is 3. The molecule has 0 aromatic carbocycles. The third kappa shape index (κ3) is 1.06. The Morgan fingerprint density at radius 3 is 2.60 bits per heavy atom. The highest BCUT2D eigenvalue weighted by Gasteiger charge is 2.14. The fourth-order valence-electron chi connectivity index (χ4n) is 0.788. The second-order valence-corrected chi connectivity index (χ2v) is 2.95. The van der Waals surface area contributed by atoms with Crippen molar-refractivity contribution in [1.29, 1.82) is 0 Å². The second-order valence-electron chi connectivity index (χ2n) is 2.00. The number of rotatable bonds is 1. The molecule has 0 spiro atoms. The van der Waals surface area contributed by atoms with E-state index in [0.29, 0.717) is 26.6 Å². The van der Waals surface area contributed by atoms with Crippen molar-refractivity contribution < 1.29 is 14.4 Å². The van der Waals surface area contributed by atoms with E-state index in [1.165, 1.54) is 0 Å². The summed E-state index contributed by atoms with van der Waals surface area (Å²) in [7, 11) is 0. The molecule has 0 aliphatic rings. The molecule has 52 valence electrons. The number of carbonyl (C=O) groups is 1. The van der Waals surface area contributed by atoms with E-state index in [4.69, 9.17) is 5.11 Å². The normalized spacial score (nSPS) is 9.70. The van der Waals surface area contributed by atoms with E-state index in [1.807, 2.05) is 0 Å². The first kappa shape index (κ1) is 7.32. The first-order chi connectivity index (χ1) is 4.63. The van der Waals surface area contributed by atoms with Crippen molar-refractivity contribution in [1.82, 2.24) is 5.16 Å². The van der Waals surface area contributed by atoms with Gasteiger partial charge in [-0.15, -0.1) is 5.16 Å². The molecule has 5 heteroatoms. The minimum absolute atomic E-state index is 0.228. The molecule has 1 aromatic heterocycles. The van der Waals surface area contributed by atoms with Gasteiger partial charge in [0.15, 0.2) is 0 Å². The largest absolute Gasteiger partial charge is 0.478 e. The molecule has 0 amide bonds. The Hall–Kier alpha value is -0.788. The van der Waals surface area contributed by atoms with Gasteiger partial charge >= 0.3 is 5.97 Å². The van der Waals surface area contributed by atoms with Crippen LogP contribution < -0.4 is 4.56 Å². The summed E-state index contributed by atoms with van der Waals surface area (Å²) < 4.78 is 5.22. The number of hydrogen-bond donors (Lipinski definition) is 1. The van der Waals surface area contributed by atoms with Crippen LogP contribution in [0.5, 0.6) is 0 Å². The predicted molar refractivity (Wildman–Crippen MR) is 36.4 cm³/mol. The highest BCUT2D eigenvalue weighted by molar-refractivity contribution is 6.34. The van der Waals surface area contributed by atoms with Gasteiger partial charge < -0.3 is 9.63 Å². The van der Waals surface area contributed by atoms with Gasteiger partial charge in [-0.3, -0.25) is 0 Å². The zero-order valence-corrected chi connectivity index (χ0v) is 7.71. The lowest BCUT2D eigenvalue weighted by Gasteiger charge is -1.87. The van der Waals surface area contributed by atoms with Gasteiger partial charge in [-0.2, -0.15) is 0 Å². The molecule has 4 nitrogen and oxygen atoms in total. The van der Waals surface area contributed by atoms with Crippen LogP contribution in [-0.4, -0.2) is 32.5 Å². The van der Waals surface area contributed by atoms with Gasteiger partial charge in [-0.25, -0.2) is 4.79 Å². The van der Waals surface area contributed by atoms with E-state index < -0.39 is 5.97 Å². The Morgan fingerprint density at radius 2 is 2.40 bits per heavy atom. The van der Waals surface area contributed by atoms with Crippen LogP contribution in [0.3, 0.4) is 0 Å². The monoisotopic (exact) mass is 155 g/mol. The zero-order valence-electron chi connectivity index (χ0n) is 5.71. The highest BCUT2D eigenvalue weighted by Crippen LogP contribution is 2.01. The Bertz CT molecular complexity index is 248. The maximum Gasteiger partial charge on any atom is 0.339 e. The first-order valence-electron chi connectivity index (χ1n) is 2.79. The van der Waals surface area contributed by atoms with Gasteiger partial charge in [0.1, 0.15) is 11.3 Å². The number of carboxylic acid groups (broad SMARTS) is 1. The van der Waals surface area contributed by atoms with E-state index in [2.05, 4.69) is 9.68 Å². The summed E-state index contributed by atoms with van der Waals surface area (Å²) in [5.41, 5.74) is 0.228. The van der Waals surface area contributed by atoms with Crippen LogP contribution in [0.1, 0.15) is 16.1 Å². The minimum atomic E-state index is -0.955. The SMILES string of the molecule is Cc1on[c]([AlH2])c1C(=O)O. The van der Waals surface area contributed by atoms with Crippen LogP contribution in [-0.2, 0) is 0 Å². The van der Waals surface area contributed by atoms with Crippen molar-refractivity contribution in [3.05, 3.63) is 11.3 Å². The quantitative estimate of drug-likeness (QED) is 0.525. The lowest BCUT2D eigenvalue weighted by Crippen LogP contribution is -2.14. The fraction of sp³-hybridized carbons (Fsp3) is 0.200. The summed E-state index contributed by atoms with van der Waals surface area (Å²) in [6, 6.07) is 0. The van der Waals surface area contributed by atoms with E-state index >= 15 is 0 Å². The maximum atomic E-state index is 10.4. The summed E-state index contributed by atoms with van der Waals surface area (Å²) in [6.07, 6.45) is 0. The van der Waals surface area contributed by atoms with Crippen LogP contribution in [0, 0.1) is 6.92 Å². The first-order valence-corrected chi connectivity index (χ1v) is 3.79. The van der Waals surface area contributed by atoms with Gasteiger partial charge in [0, 0.05) is 4.56 Å². The van der Waals surface area contributed by atoms with Crippen LogP contribution >= 0.6 is 0 Å². The van der Waals surface area contributed by atoms with Gasteiger partial charge in [-0.1, -0.05) is 0 Å². The summed E-state index contributed by atoms with van der Waals surface area (Å²) in [5.74, 6) is -0.568. The number of aryl methyl sites for hydroxylation is 1. The van der Waals surface area contributed by atoms with Crippen molar-refractivity contribution in [3.8, 4) is 0 Å². The summed E-state index contributed by atoms with van der Waals surface area (Å²) >= 11 is 0.608. The van der Waals surface area contributed by atoms with Gasteiger partial charge in [0.2, 0.25) is 0 Å². The van der Waals surface area contributed by atoms with Crippen molar-refractivity contribution >= 4 is 26.8 Å². The molecule has 0 fully saturated rings. The maximum absolute atomic E-state index is 10.4. The van der Waals surface area contributed by atoms with Crippen molar-refractivity contribution in [2.24, 2.45) is 0 Å². The Kier molecular flexibility index (Phi) is 1.79. The predicted octanol–water partition coefficient (Wildman–Crippen LogP) is -1.06. The minimum Gasteiger partial charge on any atom is -0.478 e. The number of nitrogens with zero attached hydrogens (tertiary/aromatic N) is 1. The van der Waals surface area contributed by atoms with E-state index in [-0.39, 0.29) is 5.56 Å². The molecule has 0 radical (unpaired) electrons. The Morgan fingerprint density at radius 1 is 1.80 bits per heavy atom. The molecule has 10 heavy (non-hydrogen) atoms. The molecular weight excluding hydrogens is 149 g/mol. The third-order valence-corrected chi connectivity index (χ3v) is 1.93. The lowest BCUT2D eigenvalue weighted by molar-refractivity contribution is 0.0696. The molecular formula is C5H6AlNO3. The lowest BCUT2D eigenvalue weighted by atomic mass is 10.3. The molecule has 1 N–H and O–H groups in total. The van der Waals surface area contributed by atoms with Gasteiger partial charge in [0.25, 0.3) is 16.3 Å². The van der Waals surface area contributed by atoms with Crippen LogP contribution in [0.2, 0.25) is 0 Å². The number of aromatic carboxylic acids is 1. The molecule has 0 aliphatic carbocycles. The second kappa shape index (κ2) is 2.45. The van der Waals surface area contributed by atoms with Gasteiger partial charge in [-0.05, 0) is 6.92 Å². The van der Waals surface area contributed by atoms with Crippen LogP contribution in [0.25, 0.3) is 0 Å². The van der Waals surface area contributed by atoms with Gasteiger partial charge in [0.05, 0.1) is 0 Å². The molecule has 0 unspecified atom stereocenters. The smallest absolute Gasteiger partial charge is 0.339 e. The summed E-state index contributed by atoms with van der Waals surface area (Å²) in [5, 5.41) is 12.1. The Balaban J connectivity index is 3.23.